The Labute approximate surface area is 106 Å². The van der Waals surface area contributed by atoms with Crippen LogP contribution < -0.4 is 5.32 Å². The summed E-state index contributed by atoms with van der Waals surface area (Å²) in [6.07, 6.45) is 6.20. The third kappa shape index (κ3) is 1.72. The Kier molecular flexibility index (Phi) is 2.64. The zero-order valence-electron chi connectivity index (χ0n) is 10.4. The van der Waals surface area contributed by atoms with Crippen molar-refractivity contribution in [2.24, 2.45) is 11.3 Å². The van der Waals surface area contributed by atoms with Crippen molar-refractivity contribution in [3.8, 4) is 0 Å². The molecule has 1 aliphatic heterocycles. The van der Waals surface area contributed by atoms with Crippen LogP contribution in [0.15, 0.2) is 0 Å². The van der Waals surface area contributed by atoms with E-state index in [1.54, 1.807) is 0 Å². The van der Waals surface area contributed by atoms with Gasteiger partial charge < -0.3 is 0 Å². The van der Waals surface area contributed by atoms with Crippen molar-refractivity contribution in [1.82, 2.24) is 10.2 Å². The highest BCUT2D eigenvalue weighted by molar-refractivity contribution is 6.19. The summed E-state index contributed by atoms with van der Waals surface area (Å²) >= 11 is 0. The Morgan fingerprint density at radius 2 is 1.78 bits per heavy atom. The molecular formula is C13H18N2O3. The normalized spacial score (nSPS) is 27.6. The molecule has 1 spiro atoms. The third-order valence-electron chi connectivity index (χ3n) is 4.40. The number of hydrogen-bond donors (Lipinski definition) is 1. The van der Waals surface area contributed by atoms with Gasteiger partial charge in [-0.2, -0.15) is 0 Å². The summed E-state index contributed by atoms with van der Waals surface area (Å²) in [7, 11) is 0. The predicted octanol–water partition coefficient (Wildman–Crippen LogP) is 1.43. The molecule has 0 bridgehead atoms. The number of imide groups is 2. The summed E-state index contributed by atoms with van der Waals surface area (Å²) in [5, 5.41) is 2.38. The number of rotatable bonds is 2. The number of barbiturate groups is 1. The highest BCUT2D eigenvalue weighted by atomic mass is 16.2. The van der Waals surface area contributed by atoms with Crippen LogP contribution in [0.1, 0.15) is 44.9 Å². The molecule has 1 saturated heterocycles. The fraction of sp³-hybridized carbons (Fsp3) is 0.769. The Hall–Kier alpha value is -1.39. The topological polar surface area (TPSA) is 66.5 Å². The minimum atomic E-state index is -0.943. The van der Waals surface area contributed by atoms with Crippen LogP contribution in [-0.4, -0.2) is 29.3 Å². The number of carbonyl (C=O) groups excluding carboxylic acids is 3. The lowest BCUT2D eigenvalue weighted by Gasteiger charge is -2.41. The van der Waals surface area contributed by atoms with E-state index < -0.39 is 11.4 Å². The van der Waals surface area contributed by atoms with E-state index in [9.17, 15) is 14.4 Å². The van der Waals surface area contributed by atoms with Crippen LogP contribution in [0.25, 0.3) is 0 Å². The predicted molar refractivity (Wildman–Crippen MR) is 63.5 cm³/mol. The maximum absolute atomic E-state index is 12.5. The number of hydrogen-bond acceptors (Lipinski definition) is 3. The standard InChI is InChI=1S/C13H18N2O3/c16-10-13(6-2-1-3-7-13)11(17)15(12(18)14-10)8-9-4-5-9/h9H,1-8H2,(H,14,16,18). The van der Waals surface area contributed by atoms with Gasteiger partial charge in [0.1, 0.15) is 5.41 Å². The molecule has 98 valence electrons. The number of urea groups is 1. The van der Waals surface area contributed by atoms with Gasteiger partial charge in [-0.05, 0) is 31.6 Å². The average Bonchev–Trinajstić information content (AvgIpc) is 3.18. The molecule has 18 heavy (non-hydrogen) atoms. The van der Waals surface area contributed by atoms with Gasteiger partial charge in [0.2, 0.25) is 11.8 Å². The fourth-order valence-corrected chi connectivity index (χ4v) is 3.05. The molecule has 2 saturated carbocycles. The molecule has 1 N–H and O–H groups in total. The lowest BCUT2D eigenvalue weighted by Crippen LogP contribution is -2.64. The highest BCUT2D eigenvalue weighted by Crippen LogP contribution is 2.41. The quantitative estimate of drug-likeness (QED) is 0.754. The van der Waals surface area contributed by atoms with Crippen LogP contribution in [0, 0.1) is 11.3 Å². The molecule has 1 heterocycles. The van der Waals surface area contributed by atoms with Crippen LogP contribution in [0.2, 0.25) is 0 Å². The molecule has 0 radical (unpaired) electrons. The van der Waals surface area contributed by atoms with E-state index in [1.165, 1.54) is 4.90 Å². The average molecular weight is 250 g/mol. The number of nitrogens with zero attached hydrogens (tertiary/aromatic N) is 1. The van der Waals surface area contributed by atoms with E-state index in [0.29, 0.717) is 25.3 Å². The Balaban J connectivity index is 1.85. The van der Waals surface area contributed by atoms with Crippen LogP contribution >= 0.6 is 0 Å². The van der Waals surface area contributed by atoms with E-state index in [-0.39, 0.29) is 11.8 Å². The molecule has 0 atom stereocenters. The van der Waals surface area contributed by atoms with Gasteiger partial charge in [0.05, 0.1) is 0 Å². The minimum absolute atomic E-state index is 0.247. The summed E-state index contributed by atoms with van der Waals surface area (Å²) in [6, 6.07) is -0.520. The van der Waals surface area contributed by atoms with E-state index in [0.717, 1.165) is 32.1 Å². The Morgan fingerprint density at radius 1 is 1.11 bits per heavy atom. The Morgan fingerprint density at radius 3 is 2.39 bits per heavy atom. The second-order valence-electron chi connectivity index (χ2n) is 5.76. The molecule has 3 aliphatic rings. The Bertz CT molecular complexity index is 408. The van der Waals surface area contributed by atoms with Gasteiger partial charge >= 0.3 is 6.03 Å². The van der Waals surface area contributed by atoms with Gasteiger partial charge in [-0.1, -0.05) is 19.3 Å². The molecule has 2 aliphatic carbocycles. The summed E-state index contributed by atoms with van der Waals surface area (Å²) in [5.74, 6) is -0.166. The molecular weight excluding hydrogens is 232 g/mol. The van der Waals surface area contributed by atoms with E-state index in [2.05, 4.69) is 5.32 Å². The van der Waals surface area contributed by atoms with E-state index in [1.807, 2.05) is 0 Å². The molecule has 3 fully saturated rings. The third-order valence-corrected chi connectivity index (χ3v) is 4.40. The van der Waals surface area contributed by atoms with Gasteiger partial charge in [-0.3, -0.25) is 19.8 Å². The van der Waals surface area contributed by atoms with Crippen molar-refractivity contribution in [2.75, 3.05) is 6.54 Å². The molecule has 0 aromatic heterocycles. The SMILES string of the molecule is O=C1NC(=O)C2(CCCCC2)C(=O)N1CC1CC1. The lowest BCUT2D eigenvalue weighted by molar-refractivity contribution is -0.154. The van der Waals surface area contributed by atoms with Crippen LogP contribution in [0.4, 0.5) is 4.79 Å². The zero-order chi connectivity index (χ0) is 12.8. The molecule has 4 amide bonds. The maximum atomic E-state index is 12.5. The first kappa shape index (κ1) is 11.7. The van der Waals surface area contributed by atoms with Crippen molar-refractivity contribution >= 4 is 17.8 Å². The van der Waals surface area contributed by atoms with E-state index >= 15 is 0 Å². The van der Waals surface area contributed by atoms with Gasteiger partial charge in [0.25, 0.3) is 0 Å². The van der Waals surface area contributed by atoms with E-state index in [4.69, 9.17) is 0 Å². The van der Waals surface area contributed by atoms with Crippen molar-refractivity contribution < 1.29 is 14.4 Å². The van der Waals surface area contributed by atoms with Crippen LogP contribution in [0.3, 0.4) is 0 Å². The number of amides is 4. The number of nitrogens with one attached hydrogen (secondary N) is 1. The summed E-state index contributed by atoms with van der Waals surface area (Å²) in [5.41, 5.74) is -0.943. The summed E-state index contributed by atoms with van der Waals surface area (Å²) in [6.45, 7) is 0.486. The lowest BCUT2D eigenvalue weighted by atomic mass is 9.71. The summed E-state index contributed by atoms with van der Waals surface area (Å²) < 4.78 is 0. The van der Waals surface area contributed by atoms with Crippen LogP contribution in [-0.2, 0) is 9.59 Å². The fourth-order valence-electron chi connectivity index (χ4n) is 3.05. The van der Waals surface area contributed by atoms with Gasteiger partial charge in [-0.15, -0.1) is 0 Å². The van der Waals surface area contributed by atoms with Crippen molar-refractivity contribution in [3.63, 3.8) is 0 Å². The smallest absolute Gasteiger partial charge is 0.277 e. The summed E-state index contributed by atoms with van der Waals surface area (Å²) in [4.78, 5) is 37.6. The molecule has 3 rings (SSSR count). The molecule has 0 aromatic rings. The first-order chi connectivity index (χ1) is 8.63. The molecule has 0 aromatic carbocycles. The molecule has 5 heteroatoms. The first-order valence-electron chi connectivity index (χ1n) is 6.81. The second-order valence-corrected chi connectivity index (χ2v) is 5.76. The van der Waals surface area contributed by atoms with Crippen molar-refractivity contribution in [1.29, 1.82) is 0 Å². The van der Waals surface area contributed by atoms with Crippen LogP contribution in [0.5, 0.6) is 0 Å². The van der Waals surface area contributed by atoms with Gasteiger partial charge in [0, 0.05) is 6.54 Å². The molecule has 0 unspecified atom stereocenters. The maximum Gasteiger partial charge on any atom is 0.330 e. The van der Waals surface area contributed by atoms with Crippen molar-refractivity contribution in [2.45, 2.75) is 44.9 Å². The largest absolute Gasteiger partial charge is 0.330 e. The van der Waals surface area contributed by atoms with Gasteiger partial charge in [0.15, 0.2) is 0 Å². The molecule has 5 nitrogen and oxygen atoms in total. The van der Waals surface area contributed by atoms with Crippen molar-refractivity contribution in [3.05, 3.63) is 0 Å². The first-order valence-corrected chi connectivity index (χ1v) is 6.81. The van der Waals surface area contributed by atoms with Gasteiger partial charge in [-0.25, -0.2) is 4.79 Å². The second kappa shape index (κ2) is 4.07. The zero-order valence-corrected chi connectivity index (χ0v) is 10.4. The monoisotopic (exact) mass is 250 g/mol. The number of carbonyl (C=O) groups is 3. The minimum Gasteiger partial charge on any atom is -0.277 e. The highest BCUT2D eigenvalue weighted by Gasteiger charge is 2.54.